The van der Waals surface area contributed by atoms with E-state index in [4.69, 9.17) is 25.8 Å². The van der Waals surface area contributed by atoms with Crippen LogP contribution in [0.4, 0.5) is 13.2 Å². The molecule has 0 aromatic heterocycles. The summed E-state index contributed by atoms with van der Waals surface area (Å²) in [5, 5.41) is 0.602. The van der Waals surface area contributed by atoms with Crippen LogP contribution < -0.4 is 9.47 Å². The number of amides is 1. The van der Waals surface area contributed by atoms with E-state index in [9.17, 15) is 18.0 Å². The molecule has 2 aromatic carbocycles. The maximum atomic E-state index is 12.8. The Bertz CT molecular complexity index is 845. The Morgan fingerprint density at radius 1 is 1.13 bits per heavy atom. The smallest absolute Gasteiger partial charge is 0.416 e. The third-order valence-electron chi connectivity index (χ3n) is 4.49. The minimum atomic E-state index is -4.43. The molecular formula is C21H21ClF3NO4. The molecule has 1 aliphatic rings. The van der Waals surface area contributed by atoms with Crippen molar-refractivity contribution < 1.29 is 32.2 Å². The molecule has 0 aliphatic carbocycles. The van der Waals surface area contributed by atoms with E-state index >= 15 is 0 Å². The summed E-state index contributed by atoms with van der Waals surface area (Å²) in [5.74, 6) is 0.645. The van der Waals surface area contributed by atoms with E-state index in [0.717, 1.165) is 12.1 Å². The maximum Gasteiger partial charge on any atom is 0.416 e. The zero-order valence-electron chi connectivity index (χ0n) is 16.0. The highest BCUT2D eigenvalue weighted by Gasteiger charge is 2.31. The van der Waals surface area contributed by atoms with Crippen molar-refractivity contribution in [1.82, 2.24) is 4.90 Å². The highest BCUT2D eigenvalue weighted by atomic mass is 35.5. The number of halogens is 4. The van der Waals surface area contributed by atoms with E-state index in [0.29, 0.717) is 30.5 Å². The van der Waals surface area contributed by atoms with Crippen molar-refractivity contribution >= 4 is 17.5 Å². The summed E-state index contributed by atoms with van der Waals surface area (Å²) >= 11 is 5.82. The van der Waals surface area contributed by atoms with Crippen LogP contribution in [0.1, 0.15) is 12.0 Å². The first kappa shape index (κ1) is 22.2. The van der Waals surface area contributed by atoms with Crippen LogP contribution in [0.3, 0.4) is 0 Å². The third kappa shape index (κ3) is 6.53. The highest BCUT2D eigenvalue weighted by molar-refractivity contribution is 6.30. The molecule has 1 amide bonds. The van der Waals surface area contributed by atoms with Crippen LogP contribution >= 0.6 is 11.6 Å². The largest absolute Gasteiger partial charge is 0.493 e. The van der Waals surface area contributed by atoms with Gasteiger partial charge >= 0.3 is 6.18 Å². The van der Waals surface area contributed by atoms with Gasteiger partial charge in [-0.15, -0.1) is 0 Å². The van der Waals surface area contributed by atoms with Gasteiger partial charge in [-0.05, 0) is 42.5 Å². The zero-order valence-corrected chi connectivity index (χ0v) is 16.8. The monoisotopic (exact) mass is 443 g/mol. The Balaban J connectivity index is 1.44. The van der Waals surface area contributed by atoms with Gasteiger partial charge in [-0.1, -0.05) is 17.7 Å². The summed E-state index contributed by atoms with van der Waals surface area (Å²) in [7, 11) is 0. The van der Waals surface area contributed by atoms with Crippen molar-refractivity contribution in [2.75, 3.05) is 32.9 Å². The number of hydrogen-bond acceptors (Lipinski definition) is 4. The Hall–Kier alpha value is -2.45. The second-order valence-electron chi connectivity index (χ2n) is 6.72. The number of hydrogen-bond donors (Lipinski definition) is 0. The molecule has 162 valence electrons. The molecule has 1 unspecified atom stereocenters. The van der Waals surface area contributed by atoms with Crippen LogP contribution in [-0.2, 0) is 15.7 Å². The number of ether oxygens (including phenoxy) is 3. The summed E-state index contributed by atoms with van der Waals surface area (Å²) in [6.45, 7) is 1.36. The van der Waals surface area contributed by atoms with Crippen molar-refractivity contribution in [3.8, 4) is 11.5 Å². The molecule has 0 bridgehead atoms. The first-order valence-electron chi connectivity index (χ1n) is 9.39. The van der Waals surface area contributed by atoms with Gasteiger partial charge < -0.3 is 19.1 Å². The van der Waals surface area contributed by atoms with Crippen molar-refractivity contribution in [2.24, 2.45) is 0 Å². The fourth-order valence-electron chi connectivity index (χ4n) is 2.94. The van der Waals surface area contributed by atoms with Crippen molar-refractivity contribution in [3.05, 3.63) is 59.1 Å². The minimum absolute atomic E-state index is 0.0480. The Kier molecular flexibility index (Phi) is 7.44. The van der Waals surface area contributed by atoms with Gasteiger partial charge in [0, 0.05) is 11.6 Å². The van der Waals surface area contributed by atoms with Gasteiger partial charge in [-0.2, -0.15) is 13.2 Å². The molecule has 30 heavy (non-hydrogen) atoms. The Labute approximate surface area is 177 Å². The van der Waals surface area contributed by atoms with Gasteiger partial charge in [0.2, 0.25) is 5.91 Å². The molecule has 1 atom stereocenters. The minimum Gasteiger partial charge on any atom is -0.493 e. The molecule has 0 saturated carbocycles. The average Bonchev–Trinajstić information content (AvgIpc) is 2.73. The molecule has 2 aromatic rings. The fourth-order valence-corrected chi connectivity index (χ4v) is 3.07. The molecule has 0 radical (unpaired) electrons. The van der Waals surface area contributed by atoms with E-state index in [-0.39, 0.29) is 31.3 Å². The summed E-state index contributed by atoms with van der Waals surface area (Å²) in [5.41, 5.74) is -0.776. The molecule has 5 nitrogen and oxygen atoms in total. The number of nitrogens with zero attached hydrogens (tertiary/aromatic N) is 1. The number of benzene rings is 2. The summed E-state index contributed by atoms with van der Waals surface area (Å²) < 4.78 is 54.9. The van der Waals surface area contributed by atoms with Crippen LogP contribution in [0.5, 0.6) is 11.5 Å². The van der Waals surface area contributed by atoms with Crippen LogP contribution in [0.15, 0.2) is 48.5 Å². The van der Waals surface area contributed by atoms with Gasteiger partial charge in [-0.3, -0.25) is 4.79 Å². The van der Waals surface area contributed by atoms with Gasteiger partial charge in [-0.25, -0.2) is 0 Å². The maximum absolute atomic E-state index is 12.8. The molecular weight excluding hydrogens is 423 g/mol. The molecule has 1 saturated heterocycles. The number of carbonyl (C=O) groups is 1. The molecule has 3 rings (SSSR count). The second-order valence-corrected chi connectivity index (χ2v) is 7.16. The number of alkyl halides is 3. The SMILES string of the molecule is O=C(CCOc1ccc(Cl)cc1)N1CCOC(COc2cccc(C(F)(F)F)c2)C1. The number of rotatable bonds is 7. The lowest BCUT2D eigenvalue weighted by Crippen LogP contribution is -2.47. The Morgan fingerprint density at radius 3 is 2.63 bits per heavy atom. The molecule has 1 aliphatic heterocycles. The lowest BCUT2D eigenvalue weighted by Gasteiger charge is -2.33. The van der Waals surface area contributed by atoms with Gasteiger partial charge in [0.1, 0.15) is 24.2 Å². The zero-order chi connectivity index (χ0) is 21.6. The van der Waals surface area contributed by atoms with E-state index in [1.165, 1.54) is 12.1 Å². The molecule has 0 N–H and O–H groups in total. The lowest BCUT2D eigenvalue weighted by molar-refractivity contribution is -0.140. The van der Waals surface area contributed by atoms with E-state index in [2.05, 4.69) is 0 Å². The van der Waals surface area contributed by atoms with E-state index in [1.807, 2.05) is 0 Å². The topological polar surface area (TPSA) is 48.0 Å². The standard InChI is InChI=1S/C21H21ClF3NO4/c22-16-4-6-17(7-5-16)28-10-8-20(27)26-9-11-29-19(13-26)14-30-18-3-1-2-15(12-18)21(23,24)25/h1-7,12,19H,8-11,13-14H2. The Morgan fingerprint density at radius 2 is 1.90 bits per heavy atom. The average molecular weight is 444 g/mol. The van der Waals surface area contributed by atoms with E-state index < -0.39 is 17.8 Å². The first-order chi connectivity index (χ1) is 14.3. The molecule has 1 heterocycles. The molecule has 0 spiro atoms. The molecule has 9 heteroatoms. The van der Waals surface area contributed by atoms with Gasteiger partial charge in [0.05, 0.1) is 31.7 Å². The van der Waals surface area contributed by atoms with Crippen LogP contribution in [0.25, 0.3) is 0 Å². The normalized spacial score (nSPS) is 16.9. The van der Waals surface area contributed by atoms with Crippen LogP contribution in [0, 0.1) is 0 Å². The van der Waals surface area contributed by atoms with Gasteiger partial charge in [0.15, 0.2) is 0 Å². The predicted molar refractivity (Wildman–Crippen MR) is 105 cm³/mol. The van der Waals surface area contributed by atoms with E-state index in [1.54, 1.807) is 29.2 Å². The van der Waals surface area contributed by atoms with Crippen molar-refractivity contribution in [3.63, 3.8) is 0 Å². The number of morpholine rings is 1. The lowest BCUT2D eigenvalue weighted by atomic mass is 10.2. The number of carbonyl (C=O) groups excluding carboxylic acids is 1. The summed E-state index contributed by atoms with van der Waals surface area (Å²) in [6.07, 6.45) is -4.66. The fraction of sp³-hybridized carbons (Fsp3) is 0.381. The van der Waals surface area contributed by atoms with Crippen LogP contribution in [0.2, 0.25) is 5.02 Å². The van der Waals surface area contributed by atoms with Gasteiger partial charge in [0.25, 0.3) is 0 Å². The third-order valence-corrected chi connectivity index (χ3v) is 4.74. The summed E-state index contributed by atoms with van der Waals surface area (Å²) in [6, 6.07) is 11.5. The van der Waals surface area contributed by atoms with Crippen LogP contribution in [-0.4, -0.2) is 49.8 Å². The first-order valence-corrected chi connectivity index (χ1v) is 9.77. The second kappa shape index (κ2) is 10.0. The molecule has 1 fully saturated rings. The van der Waals surface area contributed by atoms with Crippen molar-refractivity contribution in [2.45, 2.75) is 18.7 Å². The summed E-state index contributed by atoms with van der Waals surface area (Å²) in [4.78, 5) is 14.1. The van der Waals surface area contributed by atoms with Crippen molar-refractivity contribution in [1.29, 1.82) is 0 Å². The predicted octanol–water partition coefficient (Wildman–Crippen LogP) is 4.43. The highest BCUT2D eigenvalue weighted by Crippen LogP contribution is 2.31. The quantitative estimate of drug-likeness (QED) is 0.635.